The van der Waals surface area contributed by atoms with Crippen molar-refractivity contribution in [2.75, 3.05) is 0 Å². The summed E-state index contributed by atoms with van der Waals surface area (Å²) < 4.78 is 11.7. The Morgan fingerprint density at radius 2 is 1.52 bits per heavy atom. The predicted octanol–water partition coefficient (Wildman–Crippen LogP) is 4.35. The van der Waals surface area contributed by atoms with Crippen LogP contribution in [0.25, 0.3) is 0 Å². The molecule has 0 unspecified atom stereocenters. The fourth-order valence-corrected chi connectivity index (χ4v) is 4.22. The molecule has 1 atom stereocenters. The average Bonchev–Trinajstić information content (AvgIpc) is 2.45. The van der Waals surface area contributed by atoms with E-state index in [1.165, 1.54) is 0 Å². The Labute approximate surface area is 166 Å². The number of carbonyl (C=O) groups excluding carboxylic acids is 2. The zero-order chi connectivity index (χ0) is 21.0. The van der Waals surface area contributed by atoms with Crippen LogP contribution in [0.1, 0.15) is 74.1 Å². The van der Waals surface area contributed by atoms with E-state index in [4.69, 9.17) is 9.16 Å². The van der Waals surface area contributed by atoms with Gasteiger partial charge in [0.25, 0.3) is 0 Å². The second-order valence-corrected chi connectivity index (χ2v) is 15.0. The van der Waals surface area contributed by atoms with Gasteiger partial charge in [0, 0.05) is 12.1 Å². The molecule has 2 N–H and O–H groups in total. The first-order chi connectivity index (χ1) is 12.1. The highest BCUT2D eigenvalue weighted by molar-refractivity contribution is 6.74. The maximum absolute atomic E-state index is 12.3. The van der Waals surface area contributed by atoms with Crippen molar-refractivity contribution >= 4 is 20.3 Å². The lowest BCUT2D eigenvalue weighted by Gasteiger charge is -2.41. The van der Waals surface area contributed by atoms with Crippen LogP contribution in [-0.2, 0) is 14.0 Å². The minimum absolute atomic E-state index is 0.139. The molecule has 2 amide bonds. The zero-order valence-corrected chi connectivity index (χ0v) is 19.7. The number of nitrogens with one attached hydrogen (secondary N) is 2. The second kappa shape index (κ2) is 8.95. The van der Waals surface area contributed by atoms with Crippen LogP contribution in [0.2, 0.25) is 18.1 Å². The van der Waals surface area contributed by atoms with Crippen molar-refractivity contribution in [1.82, 2.24) is 10.6 Å². The third-order valence-corrected chi connectivity index (χ3v) is 9.95. The van der Waals surface area contributed by atoms with E-state index in [2.05, 4.69) is 44.5 Å². The molecule has 7 heteroatoms. The van der Waals surface area contributed by atoms with Crippen LogP contribution in [0.15, 0.2) is 0 Å². The smallest absolute Gasteiger partial charge is 0.408 e. The van der Waals surface area contributed by atoms with Crippen LogP contribution in [0, 0.1) is 0 Å². The summed E-state index contributed by atoms with van der Waals surface area (Å²) >= 11 is 0. The van der Waals surface area contributed by atoms with E-state index in [-0.39, 0.29) is 23.1 Å². The quantitative estimate of drug-likeness (QED) is 0.673. The van der Waals surface area contributed by atoms with Gasteiger partial charge in [0.15, 0.2) is 8.32 Å². The Kier molecular flexibility index (Phi) is 7.94. The molecular weight excluding hydrogens is 360 g/mol. The number of carbonyl (C=O) groups is 2. The molecule has 0 radical (unpaired) electrons. The third-order valence-electron chi connectivity index (χ3n) is 5.41. The topological polar surface area (TPSA) is 76.7 Å². The van der Waals surface area contributed by atoms with Crippen LogP contribution >= 0.6 is 0 Å². The van der Waals surface area contributed by atoms with Crippen molar-refractivity contribution in [2.24, 2.45) is 0 Å². The summed E-state index contributed by atoms with van der Waals surface area (Å²) in [6.07, 6.45) is 3.46. The molecule has 1 saturated carbocycles. The molecule has 1 aliphatic rings. The third kappa shape index (κ3) is 8.21. The largest absolute Gasteiger partial charge is 0.444 e. The van der Waals surface area contributed by atoms with Gasteiger partial charge in [-0.15, -0.1) is 0 Å². The fourth-order valence-electron chi connectivity index (χ4n) is 2.79. The molecule has 0 spiro atoms. The van der Waals surface area contributed by atoms with Gasteiger partial charge in [-0.1, -0.05) is 20.8 Å². The fraction of sp³-hybridized carbons (Fsp3) is 0.900. The zero-order valence-electron chi connectivity index (χ0n) is 18.7. The van der Waals surface area contributed by atoms with E-state index in [9.17, 15) is 9.59 Å². The minimum Gasteiger partial charge on any atom is -0.444 e. The minimum atomic E-state index is -1.75. The first-order valence-corrected chi connectivity index (χ1v) is 13.0. The summed E-state index contributed by atoms with van der Waals surface area (Å²) in [4.78, 5) is 24.1. The van der Waals surface area contributed by atoms with Gasteiger partial charge in [-0.2, -0.15) is 0 Å². The second-order valence-electron chi connectivity index (χ2n) is 10.2. The van der Waals surface area contributed by atoms with Gasteiger partial charge in [-0.25, -0.2) is 4.79 Å². The molecule has 1 aliphatic carbocycles. The molecule has 1 rings (SSSR count). The van der Waals surface area contributed by atoms with Gasteiger partial charge < -0.3 is 19.8 Å². The Morgan fingerprint density at radius 1 is 1.00 bits per heavy atom. The van der Waals surface area contributed by atoms with Crippen LogP contribution in [0.4, 0.5) is 4.79 Å². The molecular formula is C20H40N2O4Si. The lowest BCUT2D eigenvalue weighted by Crippen LogP contribution is -2.51. The lowest BCUT2D eigenvalue weighted by atomic mass is 9.93. The molecule has 0 aromatic carbocycles. The van der Waals surface area contributed by atoms with Crippen molar-refractivity contribution in [3.63, 3.8) is 0 Å². The number of hydrogen-bond donors (Lipinski definition) is 2. The van der Waals surface area contributed by atoms with Crippen LogP contribution < -0.4 is 10.6 Å². The summed E-state index contributed by atoms with van der Waals surface area (Å²) in [6.45, 7) is 18.4. The molecule has 27 heavy (non-hydrogen) atoms. The van der Waals surface area contributed by atoms with Gasteiger partial charge in [-0.05, 0) is 71.5 Å². The Balaban J connectivity index is 2.41. The van der Waals surface area contributed by atoms with Crippen molar-refractivity contribution < 1.29 is 18.8 Å². The summed E-state index contributed by atoms with van der Waals surface area (Å²) in [6, 6.07) is -0.485. The average molecular weight is 401 g/mol. The van der Waals surface area contributed by atoms with E-state index >= 15 is 0 Å². The van der Waals surface area contributed by atoms with Crippen molar-refractivity contribution in [1.29, 1.82) is 0 Å². The van der Waals surface area contributed by atoms with Crippen LogP contribution in [-0.4, -0.2) is 44.1 Å². The van der Waals surface area contributed by atoms with Crippen LogP contribution in [0.5, 0.6) is 0 Å². The predicted molar refractivity (Wildman–Crippen MR) is 111 cm³/mol. The van der Waals surface area contributed by atoms with Gasteiger partial charge >= 0.3 is 6.09 Å². The Bertz CT molecular complexity index is 515. The van der Waals surface area contributed by atoms with Gasteiger partial charge in [0.05, 0.1) is 0 Å². The molecule has 0 heterocycles. The molecule has 6 nitrogen and oxygen atoms in total. The monoisotopic (exact) mass is 400 g/mol. The van der Waals surface area contributed by atoms with E-state index in [0.717, 1.165) is 25.7 Å². The highest BCUT2D eigenvalue weighted by atomic mass is 28.4. The number of alkyl carbamates (subject to hydrolysis) is 1. The first kappa shape index (κ1) is 24.0. The standard InChI is InChI=1S/C20H40N2O4Si/c1-14(21-18(24)25-19(2,3)4)17(23)22-15-10-12-16(13-11-15)26-27(8,9)20(5,6)7/h14-16H,10-13H2,1-9H3,(H,21,24)(H,22,23)/t14-,15?,16?/m1/s1. The molecule has 0 saturated heterocycles. The summed E-state index contributed by atoms with van der Waals surface area (Å²) in [5.41, 5.74) is -0.581. The van der Waals surface area contributed by atoms with Gasteiger partial charge in [-0.3, -0.25) is 4.79 Å². The molecule has 0 aromatic rings. The van der Waals surface area contributed by atoms with Gasteiger partial charge in [0.2, 0.25) is 5.91 Å². The number of hydrogen-bond acceptors (Lipinski definition) is 4. The van der Waals surface area contributed by atoms with Crippen molar-refractivity contribution in [2.45, 2.75) is 116 Å². The molecule has 1 fully saturated rings. The van der Waals surface area contributed by atoms with Crippen LogP contribution in [0.3, 0.4) is 0 Å². The molecule has 0 bridgehead atoms. The van der Waals surface area contributed by atoms with Gasteiger partial charge in [0.1, 0.15) is 11.6 Å². The molecule has 0 aromatic heterocycles. The van der Waals surface area contributed by atoms with Crippen molar-refractivity contribution in [3.8, 4) is 0 Å². The SMILES string of the molecule is C[C@@H](NC(=O)OC(C)(C)C)C(=O)NC1CCC(O[Si](C)(C)C(C)(C)C)CC1. The first-order valence-electron chi connectivity index (χ1n) is 10.1. The highest BCUT2D eigenvalue weighted by Gasteiger charge is 2.40. The molecule has 158 valence electrons. The Morgan fingerprint density at radius 3 is 1.96 bits per heavy atom. The highest BCUT2D eigenvalue weighted by Crippen LogP contribution is 2.39. The normalized spacial score (nSPS) is 22.7. The molecule has 0 aliphatic heterocycles. The maximum Gasteiger partial charge on any atom is 0.408 e. The van der Waals surface area contributed by atoms with E-state index in [0.29, 0.717) is 0 Å². The Hall–Kier alpha value is -1.08. The van der Waals surface area contributed by atoms with Crippen molar-refractivity contribution in [3.05, 3.63) is 0 Å². The lowest BCUT2D eigenvalue weighted by molar-refractivity contribution is -0.123. The van der Waals surface area contributed by atoms with E-state index in [1.54, 1.807) is 27.7 Å². The number of amides is 2. The van der Waals surface area contributed by atoms with E-state index in [1.807, 2.05) is 0 Å². The summed E-state index contributed by atoms with van der Waals surface area (Å²) in [5.74, 6) is -0.172. The summed E-state index contributed by atoms with van der Waals surface area (Å²) in [7, 11) is -1.75. The number of rotatable bonds is 5. The maximum atomic E-state index is 12.3. The van der Waals surface area contributed by atoms with E-state index < -0.39 is 26.1 Å². The summed E-state index contributed by atoms with van der Waals surface area (Å²) in [5, 5.41) is 5.85. The number of ether oxygens (including phenoxy) is 1.